The van der Waals surface area contributed by atoms with Crippen LogP contribution in [0.1, 0.15) is 0 Å². The number of hydrogen-bond acceptors (Lipinski definition) is 6. The van der Waals surface area contributed by atoms with Gasteiger partial charge in [0, 0.05) is 42.7 Å². The highest BCUT2D eigenvalue weighted by molar-refractivity contribution is 5.99. The van der Waals surface area contributed by atoms with E-state index in [1.54, 1.807) is 18.3 Å². The number of fused-ring (bicyclic) bond motifs is 1. The average molecular weight is 495 g/mol. The highest BCUT2D eigenvalue weighted by Crippen LogP contribution is 2.32. The van der Waals surface area contributed by atoms with Crippen molar-refractivity contribution in [1.82, 2.24) is 9.97 Å². The summed E-state index contributed by atoms with van der Waals surface area (Å²) in [6.07, 6.45) is 1.67. The van der Waals surface area contributed by atoms with Gasteiger partial charge in [0.2, 0.25) is 0 Å². The summed E-state index contributed by atoms with van der Waals surface area (Å²) in [4.78, 5) is 23.1. The van der Waals surface area contributed by atoms with Crippen LogP contribution in [0.15, 0.2) is 60.8 Å². The number of aromatic nitrogens is 2. The molecule has 1 aliphatic rings. The van der Waals surface area contributed by atoms with Crippen LogP contribution in [0.5, 0.6) is 11.5 Å². The van der Waals surface area contributed by atoms with Crippen LogP contribution in [0.2, 0.25) is 0 Å². The lowest BCUT2D eigenvalue weighted by Crippen LogP contribution is -2.36. The predicted molar refractivity (Wildman–Crippen MR) is 128 cm³/mol. The first-order valence-electron chi connectivity index (χ1n) is 11.0. The lowest BCUT2D eigenvalue weighted by molar-refractivity contribution is 0.122. The van der Waals surface area contributed by atoms with Gasteiger partial charge in [0.05, 0.1) is 30.4 Å². The fourth-order valence-electron chi connectivity index (χ4n) is 3.70. The molecule has 2 heterocycles. The van der Waals surface area contributed by atoms with Crippen molar-refractivity contribution in [3.05, 3.63) is 78.2 Å². The number of nitrogens with zero attached hydrogens (tertiary/aromatic N) is 3. The average Bonchev–Trinajstić information content (AvgIpc) is 2.86. The summed E-state index contributed by atoms with van der Waals surface area (Å²) in [5.41, 5.74) is 1.14. The molecule has 0 unspecified atom stereocenters. The van der Waals surface area contributed by atoms with Crippen molar-refractivity contribution < 1.29 is 27.4 Å². The van der Waals surface area contributed by atoms with Crippen molar-refractivity contribution in [1.29, 1.82) is 0 Å². The summed E-state index contributed by atoms with van der Waals surface area (Å²) in [5, 5.41) is 4.68. The topological polar surface area (TPSA) is 88.6 Å². The van der Waals surface area contributed by atoms with Crippen molar-refractivity contribution in [3.8, 4) is 11.5 Å². The number of urea groups is 1. The van der Waals surface area contributed by atoms with Gasteiger partial charge in [0.25, 0.3) is 0 Å². The van der Waals surface area contributed by atoms with Crippen molar-refractivity contribution in [2.75, 3.05) is 41.8 Å². The molecule has 1 saturated heterocycles. The van der Waals surface area contributed by atoms with Crippen molar-refractivity contribution >= 4 is 34.3 Å². The first-order chi connectivity index (χ1) is 17.4. The van der Waals surface area contributed by atoms with Gasteiger partial charge in [-0.3, -0.25) is 4.98 Å². The highest BCUT2D eigenvalue weighted by Gasteiger charge is 2.17. The summed E-state index contributed by atoms with van der Waals surface area (Å²) in [6.45, 7) is 2.57. The Balaban J connectivity index is 1.31. The molecule has 0 bridgehead atoms. The lowest BCUT2D eigenvalue weighted by atomic mass is 10.2. The number of benzene rings is 3. The van der Waals surface area contributed by atoms with Crippen molar-refractivity contribution in [3.63, 3.8) is 0 Å². The number of ether oxygens (including phenoxy) is 2. The van der Waals surface area contributed by atoms with Gasteiger partial charge in [-0.15, -0.1) is 0 Å². The van der Waals surface area contributed by atoms with Crippen LogP contribution in [0, 0.1) is 17.5 Å². The van der Waals surface area contributed by atoms with E-state index in [1.165, 1.54) is 24.3 Å². The van der Waals surface area contributed by atoms with Gasteiger partial charge < -0.3 is 25.0 Å². The molecule has 0 radical (unpaired) electrons. The number of amides is 2. The van der Waals surface area contributed by atoms with Crippen LogP contribution < -0.4 is 20.3 Å². The van der Waals surface area contributed by atoms with Gasteiger partial charge in [-0.1, -0.05) is 6.07 Å². The zero-order valence-electron chi connectivity index (χ0n) is 18.8. The van der Waals surface area contributed by atoms with Gasteiger partial charge in [0.1, 0.15) is 17.4 Å². The molecule has 2 N–H and O–H groups in total. The summed E-state index contributed by atoms with van der Waals surface area (Å²) in [6, 6.07) is 11.0. The Kier molecular flexibility index (Phi) is 6.54. The van der Waals surface area contributed by atoms with E-state index >= 15 is 0 Å². The zero-order chi connectivity index (χ0) is 25.1. The third-order valence-corrected chi connectivity index (χ3v) is 5.39. The molecule has 0 saturated carbocycles. The van der Waals surface area contributed by atoms with Crippen molar-refractivity contribution in [2.24, 2.45) is 0 Å². The molecule has 2 amide bonds. The van der Waals surface area contributed by atoms with Gasteiger partial charge in [0.15, 0.2) is 17.4 Å². The Hall–Kier alpha value is -4.38. The number of carbonyl (C=O) groups is 1. The van der Waals surface area contributed by atoms with Crippen LogP contribution in [0.3, 0.4) is 0 Å². The molecular weight excluding hydrogens is 475 g/mol. The minimum Gasteiger partial charge on any atom is -0.451 e. The van der Waals surface area contributed by atoms with Crippen LogP contribution in [0.4, 0.5) is 35.2 Å². The fourth-order valence-corrected chi connectivity index (χ4v) is 3.70. The molecule has 3 aromatic carbocycles. The largest absolute Gasteiger partial charge is 0.451 e. The monoisotopic (exact) mass is 495 g/mol. The first-order valence-corrected chi connectivity index (χ1v) is 11.0. The van der Waals surface area contributed by atoms with Crippen LogP contribution in [0.25, 0.3) is 11.0 Å². The highest BCUT2D eigenvalue weighted by atomic mass is 19.1. The minimum atomic E-state index is -1.02. The Bertz CT molecular complexity index is 1410. The number of nitrogens with one attached hydrogen (secondary N) is 2. The van der Waals surface area contributed by atoms with E-state index in [4.69, 9.17) is 9.47 Å². The third kappa shape index (κ3) is 5.31. The molecule has 0 spiro atoms. The van der Waals surface area contributed by atoms with Gasteiger partial charge >= 0.3 is 6.03 Å². The molecule has 1 aliphatic heterocycles. The van der Waals surface area contributed by atoms with E-state index in [9.17, 15) is 18.0 Å². The molecule has 184 valence electrons. The Morgan fingerprint density at radius 3 is 2.42 bits per heavy atom. The van der Waals surface area contributed by atoms with E-state index < -0.39 is 29.2 Å². The summed E-state index contributed by atoms with van der Waals surface area (Å²) in [7, 11) is 0. The zero-order valence-corrected chi connectivity index (χ0v) is 18.8. The maximum atomic E-state index is 14.7. The number of anilines is 3. The van der Waals surface area contributed by atoms with E-state index in [0.29, 0.717) is 43.2 Å². The van der Waals surface area contributed by atoms with E-state index in [-0.39, 0.29) is 17.1 Å². The first kappa shape index (κ1) is 23.4. The van der Waals surface area contributed by atoms with Gasteiger partial charge in [-0.2, -0.15) is 0 Å². The summed E-state index contributed by atoms with van der Waals surface area (Å²) >= 11 is 0. The number of hydrogen-bond donors (Lipinski definition) is 2. The lowest BCUT2D eigenvalue weighted by Gasteiger charge is -2.27. The fraction of sp³-hybridized carbons (Fsp3) is 0.160. The molecule has 8 nitrogen and oxygen atoms in total. The van der Waals surface area contributed by atoms with Crippen LogP contribution >= 0.6 is 0 Å². The summed E-state index contributed by atoms with van der Waals surface area (Å²) in [5.74, 6) is -2.38. The maximum Gasteiger partial charge on any atom is 0.323 e. The molecule has 0 aliphatic carbocycles. The second-order valence-corrected chi connectivity index (χ2v) is 7.94. The molecule has 11 heteroatoms. The van der Waals surface area contributed by atoms with E-state index in [0.717, 1.165) is 18.2 Å². The molecule has 0 atom stereocenters. The number of halogens is 3. The third-order valence-electron chi connectivity index (χ3n) is 5.39. The van der Waals surface area contributed by atoms with Crippen LogP contribution in [-0.4, -0.2) is 42.3 Å². The SMILES string of the molecule is O=C(Nc1cccc(F)c1)Nc1cc(F)c(Oc2ccc3ncc(N4CCOCC4)nc3c2)c(F)c1. The minimum absolute atomic E-state index is 0.147. The Morgan fingerprint density at radius 1 is 0.917 bits per heavy atom. The predicted octanol–water partition coefficient (Wildman–Crippen LogP) is 5.32. The van der Waals surface area contributed by atoms with Crippen LogP contribution in [-0.2, 0) is 4.74 Å². The quantitative estimate of drug-likeness (QED) is 0.390. The molecular formula is C25H20F3N5O3. The van der Waals surface area contributed by atoms with E-state index in [2.05, 4.69) is 20.6 Å². The number of morpholine rings is 1. The normalized spacial score (nSPS) is 13.5. The number of carbonyl (C=O) groups excluding carboxylic acids is 1. The Labute approximate surface area is 203 Å². The second-order valence-electron chi connectivity index (χ2n) is 7.94. The molecule has 1 aromatic heterocycles. The van der Waals surface area contributed by atoms with Gasteiger partial charge in [-0.25, -0.2) is 22.9 Å². The standard InChI is InChI=1S/C25H20F3N5O3/c26-15-2-1-3-16(10-15)30-25(34)31-17-11-19(27)24(20(28)12-17)36-18-4-5-21-22(13-18)32-23(14-29-21)33-6-8-35-9-7-33/h1-5,10-14H,6-9H2,(H2,30,31,34). The molecule has 4 aromatic rings. The van der Waals surface area contributed by atoms with Crippen molar-refractivity contribution in [2.45, 2.75) is 0 Å². The smallest absolute Gasteiger partial charge is 0.323 e. The Morgan fingerprint density at radius 2 is 1.67 bits per heavy atom. The maximum absolute atomic E-state index is 14.7. The number of rotatable bonds is 5. The second kappa shape index (κ2) is 10.1. The molecule has 1 fully saturated rings. The van der Waals surface area contributed by atoms with Gasteiger partial charge in [-0.05, 0) is 30.3 Å². The summed E-state index contributed by atoms with van der Waals surface area (Å²) < 4.78 is 53.5. The molecule has 36 heavy (non-hydrogen) atoms. The van der Waals surface area contributed by atoms with E-state index in [1.807, 2.05) is 4.90 Å². The molecule has 5 rings (SSSR count).